The van der Waals surface area contributed by atoms with Crippen LogP contribution in [-0.2, 0) is 4.79 Å². The lowest BCUT2D eigenvalue weighted by molar-refractivity contribution is -0.143. The molecule has 0 aliphatic carbocycles. The Hall–Kier alpha value is -2.34. The summed E-state index contributed by atoms with van der Waals surface area (Å²) in [6.45, 7) is 0.699. The number of carboxylic acid groups (broad SMARTS) is 1. The molecule has 0 radical (unpaired) electrons. The molecule has 2 unspecified atom stereocenters. The summed E-state index contributed by atoms with van der Waals surface area (Å²) in [6, 6.07) is 8.40. The van der Waals surface area contributed by atoms with Crippen LogP contribution >= 0.6 is 0 Å². The summed E-state index contributed by atoms with van der Waals surface area (Å²) >= 11 is 0. The molecule has 1 N–H and O–H groups in total. The minimum atomic E-state index is -0.920. The Kier molecular flexibility index (Phi) is 5.08. The Morgan fingerprint density at radius 2 is 1.80 bits per heavy atom. The Balaban J connectivity index is 2.06. The third-order valence-electron chi connectivity index (χ3n) is 4.62. The van der Waals surface area contributed by atoms with E-state index in [-0.39, 0.29) is 17.7 Å². The Morgan fingerprint density at radius 3 is 2.48 bits per heavy atom. The maximum atomic E-state index is 14.4. The van der Waals surface area contributed by atoms with Crippen LogP contribution in [0.5, 0.6) is 0 Å². The standard InChI is InChI=1S/C19H18F3NO2/c20-13-7-8-15(17(22)10-13)18(14-5-1-2-6-16(14)21)23-9-3-4-12(11-23)19(24)25/h1-2,5-8,10,12,18H,3-4,9,11H2,(H,24,25). The largest absolute Gasteiger partial charge is 0.481 e. The molecule has 0 spiro atoms. The number of carbonyl (C=O) groups is 1. The van der Waals surface area contributed by atoms with Gasteiger partial charge in [0.1, 0.15) is 17.5 Å². The van der Waals surface area contributed by atoms with Crippen LogP contribution in [-0.4, -0.2) is 29.1 Å². The summed E-state index contributed by atoms with van der Waals surface area (Å²) in [6.07, 6.45) is 1.15. The highest BCUT2D eigenvalue weighted by Gasteiger charge is 2.33. The quantitative estimate of drug-likeness (QED) is 0.907. The lowest BCUT2D eigenvalue weighted by Crippen LogP contribution is -2.41. The highest BCUT2D eigenvalue weighted by molar-refractivity contribution is 5.70. The molecule has 1 aliphatic rings. The van der Waals surface area contributed by atoms with Crippen molar-refractivity contribution in [2.45, 2.75) is 18.9 Å². The molecule has 0 amide bonds. The van der Waals surface area contributed by atoms with E-state index in [1.807, 2.05) is 0 Å². The molecule has 2 aromatic carbocycles. The van der Waals surface area contributed by atoms with Crippen LogP contribution in [0.4, 0.5) is 13.2 Å². The van der Waals surface area contributed by atoms with Gasteiger partial charge in [0.15, 0.2) is 0 Å². The summed E-state index contributed by atoms with van der Waals surface area (Å²) in [7, 11) is 0. The van der Waals surface area contributed by atoms with Crippen molar-refractivity contribution in [1.29, 1.82) is 0 Å². The first kappa shape index (κ1) is 17.5. The van der Waals surface area contributed by atoms with Crippen LogP contribution in [0.3, 0.4) is 0 Å². The lowest BCUT2D eigenvalue weighted by Gasteiger charge is -2.37. The van der Waals surface area contributed by atoms with Gasteiger partial charge >= 0.3 is 5.97 Å². The van der Waals surface area contributed by atoms with E-state index in [4.69, 9.17) is 0 Å². The van der Waals surface area contributed by atoms with Crippen molar-refractivity contribution in [3.05, 3.63) is 71.0 Å². The fourth-order valence-electron chi connectivity index (χ4n) is 3.42. The summed E-state index contributed by atoms with van der Waals surface area (Å²) in [5.74, 6) is -3.50. The third-order valence-corrected chi connectivity index (χ3v) is 4.62. The number of hydrogen-bond acceptors (Lipinski definition) is 2. The molecule has 1 heterocycles. The SMILES string of the molecule is O=C(O)C1CCCN(C(c2ccccc2F)c2ccc(F)cc2F)C1. The van der Waals surface area contributed by atoms with Crippen LogP contribution in [0.2, 0.25) is 0 Å². The first-order chi connectivity index (χ1) is 12.0. The number of nitrogens with zero attached hydrogens (tertiary/aromatic N) is 1. The number of carboxylic acids is 1. The van der Waals surface area contributed by atoms with Gasteiger partial charge < -0.3 is 5.11 Å². The van der Waals surface area contributed by atoms with Crippen molar-refractivity contribution in [1.82, 2.24) is 4.90 Å². The van der Waals surface area contributed by atoms with Gasteiger partial charge in [0.2, 0.25) is 0 Å². The number of aliphatic carboxylic acids is 1. The summed E-state index contributed by atoms with van der Waals surface area (Å²) in [4.78, 5) is 13.1. The Bertz CT molecular complexity index is 781. The van der Waals surface area contributed by atoms with E-state index in [1.54, 1.807) is 17.0 Å². The van der Waals surface area contributed by atoms with E-state index >= 15 is 0 Å². The normalized spacial score (nSPS) is 19.6. The summed E-state index contributed by atoms with van der Waals surface area (Å²) in [5, 5.41) is 9.30. The van der Waals surface area contributed by atoms with Crippen molar-refractivity contribution in [2.24, 2.45) is 5.92 Å². The number of likely N-dealkylation sites (tertiary alicyclic amines) is 1. The minimum Gasteiger partial charge on any atom is -0.481 e. The van der Waals surface area contributed by atoms with Gasteiger partial charge in [-0.3, -0.25) is 9.69 Å². The second-order valence-corrected chi connectivity index (χ2v) is 6.26. The molecule has 2 atom stereocenters. The lowest BCUT2D eigenvalue weighted by atomic mass is 9.91. The predicted octanol–water partition coefficient (Wildman–Crippen LogP) is 3.99. The maximum Gasteiger partial charge on any atom is 0.307 e. The Morgan fingerprint density at radius 1 is 1.08 bits per heavy atom. The maximum absolute atomic E-state index is 14.4. The van der Waals surface area contributed by atoms with Crippen LogP contribution < -0.4 is 0 Å². The summed E-state index contributed by atoms with van der Waals surface area (Å²) in [5.41, 5.74) is 0.386. The van der Waals surface area contributed by atoms with Gasteiger partial charge in [-0.15, -0.1) is 0 Å². The van der Waals surface area contributed by atoms with E-state index in [1.165, 1.54) is 18.2 Å². The average Bonchev–Trinajstić information content (AvgIpc) is 2.59. The van der Waals surface area contributed by atoms with Gasteiger partial charge in [0, 0.05) is 23.7 Å². The molecule has 1 saturated heterocycles. The van der Waals surface area contributed by atoms with Crippen molar-refractivity contribution in [3.8, 4) is 0 Å². The molecule has 3 nitrogen and oxygen atoms in total. The molecule has 6 heteroatoms. The topological polar surface area (TPSA) is 40.5 Å². The number of rotatable bonds is 4. The minimum absolute atomic E-state index is 0.137. The molecule has 2 aromatic rings. The fourth-order valence-corrected chi connectivity index (χ4v) is 3.42. The highest BCUT2D eigenvalue weighted by Crippen LogP contribution is 2.35. The molecule has 1 fully saturated rings. The van der Waals surface area contributed by atoms with Gasteiger partial charge in [-0.2, -0.15) is 0 Å². The average molecular weight is 349 g/mol. The molecule has 132 valence electrons. The summed E-state index contributed by atoms with van der Waals surface area (Å²) < 4.78 is 42.1. The van der Waals surface area contributed by atoms with Gasteiger partial charge in [0.05, 0.1) is 12.0 Å². The number of halogens is 3. The van der Waals surface area contributed by atoms with E-state index in [2.05, 4.69) is 0 Å². The van der Waals surface area contributed by atoms with Crippen LogP contribution in [0.1, 0.15) is 30.0 Å². The molecule has 0 aromatic heterocycles. The first-order valence-electron chi connectivity index (χ1n) is 8.13. The zero-order chi connectivity index (χ0) is 18.0. The highest BCUT2D eigenvalue weighted by atomic mass is 19.1. The van der Waals surface area contributed by atoms with Crippen LogP contribution in [0.25, 0.3) is 0 Å². The van der Waals surface area contributed by atoms with Crippen molar-refractivity contribution < 1.29 is 23.1 Å². The van der Waals surface area contributed by atoms with Crippen molar-refractivity contribution >= 4 is 5.97 Å². The first-order valence-corrected chi connectivity index (χ1v) is 8.13. The van der Waals surface area contributed by atoms with Crippen LogP contribution in [0.15, 0.2) is 42.5 Å². The monoisotopic (exact) mass is 349 g/mol. The molecule has 0 saturated carbocycles. The van der Waals surface area contributed by atoms with Crippen molar-refractivity contribution in [2.75, 3.05) is 13.1 Å². The second kappa shape index (κ2) is 7.27. The molecule has 1 aliphatic heterocycles. The van der Waals surface area contributed by atoms with Crippen molar-refractivity contribution in [3.63, 3.8) is 0 Å². The van der Waals surface area contributed by atoms with E-state index in [0.29, 0.717) is 19.4 Å². The zero-order valence-corrected chi connectivity index (χ0v) is 13.5. The second-order valence-electron chi connectivity index (χ2n) is 6.26. The van der Waals surface area contributed by atoms with Gasteiger partial charge in [0.25, 0.3) is 0 Å². The molecular weight excluding hydrogens is 331 g/mol. The van der Waals surface area contributed by atoms with E-state index in [9.17, 15) is 23.1 Å². The van der Waals surface area contributed by atoms with Crippen LogP contribution in [0, 0.1) is 23.4 Å². The third kappa shape index (κ3) is 3.69. The van der Waals surface area contributed by atoms with Gasteiger partial charge in [-0.1, -0.05) is 24.3 Å². The van der Waals surface area contributed by atoms with Gasteiger partial charge in [-0.25, -0.2) is 13.2 Å². The smallest absolute Gasteiger partial charge is 0.307 e. The zero-order valence-electron chi connectivity index (χ0n) is 13.5. The predicted molar refractivity (Wildman–Crippen MR) is 86.5 cm³/mol. The number of hydrogen-bond donors (Lipinski definition) is 1. The number of benzene rings is 2. The Labute approximate surface area is 143 Å². The number of piperidine rings is 1. The molecular formula is C19H18F3NO2. The van der Waals surface area contributed by atoms with E-state index < -0.39 is 35.4 Å². The van der Waals surface area contributed by atoms with E-state index in [0.717, 1.165) is 12.1 Å². The molecule has 25 heavy (non-hydrogen) atoms. The van der Waals surface area contributed by atoms with Gasteiger partial charge in [-0.05, 0) is 31.5 Å². The fraction of sp³-hybridized carbons (Fsp3) is 0.316. The molecule has 0 bridgehead atoms. The molecule has 3 rings (SSSR count).